The number of piperidine rings is 1. The number of H-pyrrole nitrogens is 1. The predicted molar refractivity (Wildman–Crippen MR) is 84.8 cm³/mol. The number of hydrogen-bond donors (Lipinski definition) is 1. The molecule has 0 radical (unpaired) electrons. The lowest BCUT2D eigenvalue weighted by Gasteiger charge is -2.33. The predicted octanol–water partition coefficient (Wildman–Crippen LogP) is 3.92. The van der Waals surface area contributed by atoms with Gasteiger partial charge in [0.15, 0.2) is 0 Å². The Morgan fingerprint density at radius 2 is 2.12 bits per heavy atom. The van der Waals surface area contributed by atoms with Crippen LogP contribution >= 0.6 is 0 Å². The van der Waals surface area contributed by atoms with E-state index in [0.29, 0.717) is 29.9 Å². The van der Waals surface area contributed by atoms with Crippen LogP contribution < -0.4 is 0 Å². The van der Waals surface area contributed by atoms with Gasteiger partial charge in [0.2, 0.25) is 0 Å². The number of nitrogens with zero attached hydrogens (tertiary/aromatic N) is 2. The Bertz CT molecular complexity index is 819. The maximum atomic E-state index is 12.9. The standard InChI is InChI=1S/C18H16F3N3O/c19-18(20,21)15-5-1-3-12(7-15)13-4-2-6-24(11-13)17(25)14-8-16(9-22)23-10-14/h1,3,5,7-8,10,13,23H,2,4,6,11H2/t13-/m0/s1. The first-order chi connectivity index (χ1) is 11.9. The van der Waals surface area contributed by atoms with Crippen molar-refractivity contribution in [1.29, 1.82) is 5.26 Å². The SMILES string of the molecule is N#Cc1cc(C(=O)N2CCC[C@H](c3cccc(C(F)(F)F)c3)C2)c[nH]1. The first-order valence-electron chi connectivity index (χ1n) is 7.93. The average molecular weight is 347 g/mol. The fourth-order valence-corrected chi connectivity index (χ4v) is 3.17. The third-order valence-corrected chi connectivity index (χ3v) is 4.44. The number of rotatable bonds is 2. The summed E-state index contributed by atoms with van der Waals surface area (Å²) in [7, 11) is 0. The van der Waals surface area contributed by atoms with Crippen LogP contribution in [0.25, 0.3) is 0 Å². The molecule has 1 aliphatic heterocycles. The Morgan fingerprint density at radius 3 is 2.80 bits per heavy atom. The van der Waals surface area contributed by atoms with Crippen molar-refractivity contribution in [2.45, 2.75) is 24.9 Å². The van der Waals surface area contributed by atoms with Crippen LogP contribution in [-0.2, 0) is 6.18 Å². The van der Waals surface area contributed by atoms with Crippen LogP contribution in [0.1, 0.15) is 45.9 Å². The molecule has 130 valence electrons. The second-order valence-corrected chi connectivity index (χ2v) is 6.13. The van der Waals surface area contributed by atoms with Gasteiger partial charge in [-0.05, 0) is 30.5 Å². The Hall–Kier alpha value is -2.75. The number of nitrogens with one attached hydrogen (secondary N) is 1. The highest BCUT2D eigenvalue weighted by Gasteiger charge is 2.32. The number of benzene rings is 1. The van der Waals surface area contributed by atoms with E-state index in [4.69, 9.17) is 5.26 Å². The smallest absolute Gasteiger partial charge is 0.352 e. The molecule has 1 aliphatic rings. The molecule has 3 rings (SSSR count). The molecule has 2 aromatic rings. The summed E-state index contributed by atoms with van der Waals surface area (Å²) in [6.45, 7) is 0.925. The molecular weight excluding hydrogens is 331 g/mol. The molecule has 7 heteroatoms. The zero-order valence-corrected chi connectivity index (χ0v) is 13.3. The summed E-state index contributed by atoms with van der Waals surface area (Å²) >= 11 is 0. The molecule has 0 saturated carbocycles. The Balaban J connectivity index is 1.77. The fourth-order valence-electron chi connectivity index (χ4n) is 3.17. The van der Waals surface area contributed by atoms with E-state index in [9.17, 15) is 18.0 Å². The lowest BCUT2D eigenvalue weighted by Crippen LogP contribution is -2.39. The van der Waals surface area contributed by atoms with Gasteiger partial charge in [0.05, 0.1) is 11.1 Å². The summed E-state index contributed by atoms with van der Waals surface area (Å²) in [5.41, 5.74) is 0.618. The van der Waals surface area contributed by atoms with Gasteiger partial charge in [0.1, 0.15) is 11.8 Å². The fraction of sp³-hybridized carbons (Fsp3) is 0.333. The van der Waals surface area contributed by atoms with Crippen molar-refractivity contribution >= 4 is 5.91 Å². The van der Waals surface area contributed by atoms with E-state index in [1.165, 1.54) is 24.4 Å². The number of carbonyl (C=O) groups is 1. The van der Waals surface area contributed by atoms with Gasteiger partial charge in [-0.2, -0.15) is 18.4 Å². The maximum Gasteiger partial charge on any atom is 0.416 e. The Labute approximate surface area is 142 Å². The minimum atomic E-state index is -4.38. The first-order valence-corrected chi connectivity index (χ1v) is 7.93. The van der Waals surface area contributed by atoms with Crippen LogP contribution in [0.2, 0.25) is 0 Å². The highest BCUT2D eigenvalue weighted by atomic mass is 19.4. The summed E-state index contributed by atoms with van der Waals surface area (Å²) in [5.74, 6) is -0.344. The molecule has 1 fully saturated rings. The third-order valence-electron chi connectivity index (χ3n) is 4.44. The van der Waals surface area contributed by atoms with Crippen LogP contribution in [0.5, 0.6) is 0 Å². The van der Waals surface area contributed by atoms with Crippen molar-refractivity contribution in [3.8, 4) is 6.07 Å². The van der Waals surface area contributed by atoms with Gasteiger partial charge in [0.25, 0.3) is 5.91 Å². The second-order valence-electron chi connectivity index (χ2n) is 6.13. The van der Waals surface area contributed by atoms with E-state index in [0.717, 1.165) is 18.9 Å². The van der Waals surface area contributed by atoms with Crippen LogP contribution in [-0.4, -0.2) is 28.9 Å². The highest BCUT2D eigenvalue weighted by Crippen LogP contribution is 2.33. The molecule has 0 unspecified atom stereocenters. The van der Waals surface area contributed by atoms with Crippen LogP contribution in [0.3, 0.4) is 0 Å². The summed E-state index contributed by atoms with van der Waals surface area (Å²) in [6, 6.07) is 8.72. The molecule has 1 aromatic heterocycles. The molecule has 1 aromatic carbocycles. The first kappa shape index (κ1) is 17.1. The molecule has 25 heavy (non-hydrogen) atoms. The number of hydrogen-bond acceptors (Lipinski definition) is 2. The highest BCUT2D eigenvalue weighted by molar-refractivity contribution is 5.94. The molecule has 0 bridgehead atoms. The molecule has 2 heterocycles. The summed E-state index contributed by atoms with van der Waals surface area (Å²) < 4.78 is 38.7. The van der Waals surface area contributed by atoms with Gasteiger partial charge in [-0.1, -0.05) is 18.2 Å². The molecule has 1 atom stereocenters. The van der Waals surface area contributed by atoms with Gasteiger partial charge in [-0.15, -0.1) is 0 Å². The minimum Gasteiger partial charge on any atom is -0.352 e. The van der Waals surface area contributed by atoms with Gasteiger partial charge < -0.3 is 9.88 Å². The topological polar surface area (TPSA) is 59.9 Å². The average Bonchev–Trinajstić information content (AvgIpc) is 3.10. The molecule has 0 aliphatic carbocycles. The summed E-state index contributed by atoms with van der Waals surface area (Å²) in [4.78, 5) is 16.9. The quantitative estimate of drug-likeness (QED) is 0.895. The number of amides is 1. The summed E-state index contributed by atoms with van der Waals surface area (Å²) in [6.07, 6.45) is -1.43. The zero-order valence-electron chi connectivity index (χ0n) is 13.3. The number of nitriles is 1. The molecule has 1 saturated heterocycles. The summed E-state index contributed by atoms with van der Waals surface area (Å²) in [5, 5.41) is 8.83. The van der Waals surface area contributed by atoms with Crippen LogP contribution in [0.15, 0.2) is 36.5 Å². The van der Waals surface area contributed by atoms with E-state index in [2.05, 4.69) is 4.98 Å². The molecule has 1 N–H and O–H groups in total. The number of likely N-dealkylation sites (tertiary alicyclic amines) is 1. The maximum absolute atomic E-state index is 12.9. The van der Waals surface area contributed by atoms with Crippen molar-refractivity contribution in [2.24, 2.45) is 0 Å². The van der Waals surface area contributed by atoms with Gasteiger partial charge >= 0.3 is 6.18 Å². The van der Waals surface area contributed by atoms with Crippen molar-refractivity contribution in [3.05, 3.63) is 58.9 Å². The van der Waals surface area contributed by atoms with Crippen LogP contribution in [0, 0.1) is 11.3 Å². The van der Waals surface area contributed by atoms with E-state index in [1.807, 2.05) is 6.07 Å². The monoisotopic (exact) mass is 347 g/mol. The zero-order chi connectivity index (χ0) is 18.0. The number of halogens is 3. The lowest BCUT2D eigenvalue weighted by molar-refractivity contribution is -0.137. The molecule has 1 amide bonds. The molecule has 4 nitrogen and oxygen atoms in total. The van der Waals surface area contributed by atoms with Crippen molar-refractivity contribution < 1.29 is 18.0 Å². The Morgan fingerprint density at radius 1 is 1.32 bits per heavy atom. The minimum absolute atomic E-state index is 0.130. The second kappa shape index (κ2) is 6.63. The molecular formula is C18H16F3N3O. The van der Waals surface area contributed by atoms with Gasteiger partial charge in [0, 0.05) is 25.2 Å². The Kier molecular flexibility index (Phi) is 4.53. The van der Waals surface area contributed by atoms with Crippen molar-refractivity contribution in [2.75, 3.05) is 13.1 Å². The number of alkyl halides is 3. The van der Waals surface area contributed by atoms with Gasteiger partial charge in [-0.25, -0.2) is 0 Å². The largest absolute Gasteiger partial charge is 0.416 e. The van der Waals surface area contributed by atoms with E-state index in [1.54, 1.807) is 11.0 Å². The van der Waals surface area contributed by atoms with Crippen LogP contribution in [0.4, 0.5) is 13.2 Å². The number of aromatic nitrogens is 1. The number of aromatic amines is 1. The van der Waals surface area contributed by atoms with Crippen molar-refractivity contribution in [3.63, 3.8) is 0 Å². The van der Waals surface area contributed by atoms with E-state index >= 15 is 0 Å². The lowest BCUT2D eigenvalue weighted by atomic mass is 9.89. The van der Waals surface area contributed by atoms with E-state index < -0.39 is 11.7 Å². The third kappa shape index (κ3) is 3.68. The number of carbonyl (C=O) groups excluding carboxylic acids is 1. The normalized spacial score (nSPS) is 18.0. The van der Waals surface area contributed by atoms with E-state index in [-0.39, 0.29) is 11.8 Å². The molecule has 0 spiro atoms. The van der Waals surface area contributed by atoms with Gasteiger partial charge in [-0.3, -0.25) is 4.79 Å². The van der Waals surface area contributed by atoms with Crippen molar-refractivity contribution in [1.82, 2.24) is 9.88 Å².